The lowest BCUT2D eigenvalue weighted by Gasteiger charge is -2.01. The third-order valence-electron chi connectivity index (χ3n) is 2.27. The van der Waals surface area contributed by atoms with E-state index in [-0.39, 0.29) is 12.1 Å². The molecule has 2 atom stereocenters. The number of nitrogens with two attached hydrogens (primary N) is 2. The van der Waals surface area contributed by atoms with E-state index in [0.29, 0.717) is 17.6 Å². The maximum atomic E-state index is 5.89. The molecule has 1 heterocycles. The minimum atomic E-state index is -0.215. The second-order valence-corrected chi connectivity index (χ2v) is 3.64. The average Bonchev–Trinajstić information content (AvgIpc) is 2.81. The predicted molar refractivity (Wildman–Crippen MR) is 46.6 cm³/mol. The maximum absolute atomic E-state index is 5.89. The molecule has 1 unspecified atom stereocenters. The van der Waals surface area contributed by atoms with E-state index >= 15 is 0 Å². The fourth-order valence-corrected chi connectivity index (χ4v) is 1.23. The fourth-order valence-electron chi connectivity index (χ4n) is 1.23. The lowest BCUT2D eigenvalue weighted by molar-refractivity contribution is 0.353. The molecule has 1 aliphatic carbocycles. The summed E-state index contributed by atoms with van der Waals surface area (Å²) in [6.45, 7) is 1.81. The third-order valence-corrected chi connectivity index (χ3v) is 2.27. The highest BCUT2D eigenvalue weighted by atomic mass is 16.5. The van der Waals surface area contributed by atoms with Crippen LogP contribution in [0.15, 0.2) is 4.52 Å². The predicted octanol–water partition coefficient (Wildman–Crippen LogP) is 0.499. The zero-order valence-corrected chi connectivity index (χ0v) is 7.60. The minimum Gasteiger partial charge on any atom is -0.338 e. The number of rotatable bonds is 3. The van der Waals surface area contributed by atoms with Crippen molar-refractivity contribution in [3.05, 3.63) is 11.7 Å². The summed E-state index contributed by atoms with van der Waals surface area (Å²) in [5.41, 5.74) is 11.5. The minimum absolute atomic E-state index is 0.0729. The summed E-state index contributed by atoms with van der Waals surface area (Å²) in [7, 11) is 0. The van der Waals surface area contributed by atoms with Gasteiger partial charge in [-0.1, -0.05) is 5.16 Å². The van der Waals surface area contributed by atoms with Gasteiger partial charge in [0.25, 0.3) is 0 Å². The average molecular weight is 182 g/mol. The molecule has 0 spiro atoms. The van der Waals surface area contributed by atoms with Crippen molar-refractivity contribution in [2.24, 2.45) is 17.4 Å². The van der Waals surface area contributed by atoms with Crippen LogP contribution in [-0.2, 0) is 0 Å². The Labute approximate surface area is 76.5 Å². The maximum Gasteiger partial charge on any atom is 0.243 e. The fraction of sp³-hybridized carbons (Fsp3) is 0.750. The lowest BCUT2D eigenvalue weighted by atomic mass is 10.2. The second kappa shape index (κ2) is 3.08. The van der Waals surface area contributed by atoms with Gasteiger partial charge in [0.15, 0.2) is 5.82 Å². The zero-order valence-electron chi connectivity index (χ0n) is 7.60. The summed E-state index contributed by atoms with van der Waals surface area (Å²) in [4.78, 5) is 4.14. The highest BCUT2D eigenvalue weighted by molar-refractivity contribution is 5.00. The van der Waals surface area contributed by atoms with Crippen molar-refractivity contribution in [2.75, 3.05) is 0 Å². The van der Waals surface area contributed by atoms with Crippen LogP contribution in [0.25, 0.3) is 0 Å². The molecular weight excluding hydrogens is 168 g/mol. The summed E-state index contributed by atoms with van der Waals surface area (Å²) in [5.74, 6) is 1.60. The zero-order chi connectivity index (χ0) is 9.42. The van der Waals surface area contributed by atoms with Gasteiger partial charge in [0, 0.05) is 0 Å². The Bertz CT molecular complexity index is 292. The summed E-state index contributed by atoms with van der Waals surface area (Å²) in [6, 6.07) is -0.288. The van der Waals surface area contributed by atoms with Crippen molar-refractivity contribution >= 4 is 0 Å². The van der Waals surface area contributed by atoms with E-state index in [9.17, 15) is 0 Å². The molecule has 1 aromatic rings. The van der Waals surface area contributed by atoms with Gasteiger partial charge >= 0.3 is 0 Å². The first-order chi connectivity index (χ1) is 6.18. The van der Waals surface area contributed by atoms with Gasteiger partial charge in [0.1, 0.15) is 0 Å². The van der Waals surface area contributed by atoms with Gasteiger partial charge in [-0.05, 0) is 25.7 Å². The van der Waals surface area contributed by atoms with Crippen molar-refractivity contribution in [1.29, 1.82) is 0 Å². The first-order valence-electron chi connectivity index (χ1n) is 4.53. The van der Waals surface area contributed by atoms with Crippen LogP contribution in [0.5, 0.6) is 0 Å². The molecule has 0 aliphatic heterocycles. The molecule has 5 nitrogen and oxygen atoms in total. The molecule has 1 fully saturated rings. The molecule has 0 aromatic carbocycles. The molecule has 0 radical (unpaired) electrons. The SMILES string of the molecule is C[C@H](N)c1nc(C(N)C2CC2)no1. The van der Waals surface area contributed by atoms with E-state index in [1.54, 1.807) is 6.92 Å². The Kier molecular flexibility index (Phi) is 2.05. The van der Waals surface area contributed by atoms with Gasteiger partial charge in [-0.15, -0.1) is 0 Å². The smallest absolute Gasteiger partial charge is 0.243 e. The highest BCUT2D eigenvalue weighted by Crippen LogP contribution is 2.38. The van der Waals surface area contributed by atoms with Crippen LogP contribution in [0.3, 0.4) is 0 Å². The third kappa shape index (κ3) is 1.71. The molecular formula is C8H14N4O. The normalized spacial score (nSPS) is 21.5. The number of hydrogen-bond acceptors (Lipinski definition) is 5. The van der Waals surface area contributed by atoms with Gasteiger partial charge in [-0.25, -0.2) is 0 Å². The summed E-state index contributed by atoms with van der Waals surface area (Å²) >= 11 is 0. The van der Waals surface area contributed by atoms with Crippen LogP contribution in [0.4, 0.5) is 0 Å². The Morgan fingerprint density at radius 1 is 1.46 bits per heavy atom. The summed E-state index contributed by atoms with van der Waals surface area (Å²) in [5, 5.41) is 3.81. The Balaban J connectivity index is 2.11. The number of aromatic nitrogens is 2. The van der Waals surface area contributed by atoms with Crippen LogP contribution >= 0.6 is 0 Å². The summed E-state index contributed by atoms with van der Waals surface area (Å²) < 4.78 is 4.96. The molecule has 0 bridgehead atoms. The molecule has 72 valence electrons. The van der Waals surface area contributed by atoms with Crippen LogP contribution in [0.1, 0.15) is 43.6 Å². The van der Waals surface area contributed by atoms with Crippen LogP contribution in [-0.4, -0.2) is 10.1 Å². The van der Waals surface area contributed by atoms with Crippen molar-refractivity contribution in [3.8, 4) is 0 Å². The Hall–Kier alpha value is -0.940. The van der Waals surface area contributed by atoms with Crippen molar-refractivity contribution in [2.45, 2.75) is 31.8 Å². The first-order valence-corrected chi connectivity index (χ1v) is 4.53. The monoisotopic (exact) mass is 182 g/mol. The Morgan fingerprint density at radius 2 is 2.15 bits per heavy atom. The van der Waals surface area contributed by atoms with Gasteiger partial charge in [0.05, 0.1) is 12.1 Å². The largest absolute Gasteiger partial charge is 0.338 e. The highest BCUT2D eigenvalue weighted by Gasteiger charge is 2.32. The quantitative estimate of drug-likeness (QED) is 0.710. The van der Waals surface area contributed by atoms with E-state index in [1.807, 2.05) is 0 Å². The standard InChI is InChI=1S/C8H14N4O/c1-4(9)8-11-7(12-13-8)6(10)5-2-3-5/h4-6H,2-3,9-10H2,1H3/t4-,6?/m0/s1. The topological polar surface area (TPSA) is 91.0 Å². The van der Waals surface area contributed by atoms with E-state index in [4.69, 9.17) is 16.0 Å². The summed E-state index contributed by atoms with van der Waals surface area (Å²) in [6.07, 6.45) is 2.34. The van der Waals surface area contributed by atoms with Gasteiger partial charge in [-0.3, -0.25) is 0 Å². The molecule has 4 N–H and O–H groups in total. The van der Waals surface area contributed by atoms with Crippen LogP contribution in [0, 0.1) is 5.92 Å². The molecule has 0 saturated heterocycles. The van der Waals surface area contributed by atoms with Crippen molar-refractivity contribution in [3.63, 3.8) is 0 Å². The van der Waals surface area contributed by atoms with Crippen molar-refractivity contribution in [1.82, 2.24) is 10.1 Å². The molecule has 2 rings (SSSR count). The van der Waals surface area contributed by atoms with E-state index in [0.717, 1.165) is 0 Å². The van der Waals surface area contributed by atoms with Crippen molar-refractivity contribution < 1.29 is 4.52 Å². The number of nitrogens with zero attached hydrogens (tertiary/aromatic N) is 2. The molecule has 5 heteroatoms. The Morgan fingerprint density at radius 3 is 2.62 bits per heavy atom. The first kappa shape index (κ1) is 8.65. The van der Waals surface area contributed by atoms with E-state index < -0.39 is 0 Å². The van der Waals surface area contributed by atoms with Crippen LogP contribution in [0.2, 0.25) is 0 Å². The molecule has 1 saturated carbocycles. The molecule has 1 aliphatic rings. The van der Waals surface area contributed by atoms with Gasteiger partial charge < -0.3 is 16.0 Å². The van der Waals surface area contributed by atoms with E-state index in [1.165, 1.54) is 12.8 Å². The van der Waals surface area contributed by atoms with E-state index in [2.05, 4.69) is 10.1 Å². The van der Waals surface area contributed by atoms with Crippen LogP contribution < -0.4 is 11.5 Å². The molecule has 13 heavy (non-hydrogen) atoms. The van der Waals surface area contributed by atoms with Gasteiger partial charge in [0.2, 0.25) is 5.89 Å². The van der Waals surface area contributed by atoms with Gasteiger partial charge in [-0.2, -0.15) is 4.98 Å². The number of hydrogen-bond donors (Lipinski definition) is 2. The molecule has 1 aromatic heterocycles. The lowest BCUT2D eigenvalue weighted by Crippen LogP contribution is -2.14. The second-order valence-electron chi connectivity index (χ2n) is 3.64. The molecule has 0 amide bonds.